The number of likely N-dealkylation sites (N-methyl/N-ethyl adjacent to an activating group) is 1. The Morgan fingerprint density at radius 2 is 1.85 bits per heavy atom. The number of aryl methyl sites for hydroxylation is 1. The molecule has 2 aromatic carbocycles. The first-order valence-corrected chi connectivity index (χ1v) is 9.55. The van der Waals surface area contributed by atoms with Crippen LogP contribution in [0.5, 0.6) is 0 Å². The van der Waals surface area contributed by atoms with E-state index in [9.17, 15) is 13.2 Å². The fraction of sp³-hybridized carbons (Fsp3) is 0.158. The highest BCUT2D eigenvalue weighted by Gasteiger charge is 2.18. The lowest BCUT2D eigenvalue weighted by Crippen LogP contribution is -2.19. The maximum Gasteiger partial charge on any atom is 0.264 e. The number of hydrogen-bond donors (Lipinski definition) is 2. The van der Waals surface area contributed by atoms with Gasteiger partial charge >= 0.3 is 0 Å². The number of carbonyl (C=O) groups excluding carboxylic acids is 1. The second kappa shape index (κ2) is 7.13. The molecule has 0 bridgehead atoms. The van der Waals surface area contributed by atoms with E-state index in [-0.39, 0.29) is 17.2 Å². The minimum atomic E-state index is -3.79. The average Bonchev–Trinajstić information content (AvgIpc) is 2.62. The summed E-state index contributed by atoms with van der Waals surface area (Å²) in [4.78, 5) is 15.8. The molecule has 1 amide bonds. The zero-order chi connectivity index (χ0) is 18.7. The minimum absolute atomic E-state index is 0.101. The molecule has 0 saturated carbocycles. The van der Waals surface area contributed by atoms with Gasteiger partial charge in [0, 0.05) is 24.3 Å². The maximum atomic E-state index is 12.8. The third-order valence-corrected chi connectivity index (χ3v) is 5.36. The molecule has 0 spiro atoms. The summed E-state index contributed by atoms with van der Waals surface area (Å²) in [7, 11) is -2.21. The molecule has 1 aromatic heterocycles. The summed E-state index contributed by atoms with van der Waals surface area (Å²) in [6.45, 7) is 1.91. The van der Waals surface area contributed by atoms with Crippen LogP contribution in [0.4, 0.5) is 5.69 Å². The maximum absolute atomic E-state index is 12.8. The molecule has 0 unspecified atom stereocenters. The van der Waals surface area contributed by atoms with Crippen LogP contribution in [-0.4, -0.2) is 26.4 Å². The molecule has 134 valence electrons. The van der Waals surface area contributed by atoms with Crippen LogP contribution in [-0.2, 0) is 21.2 Å². The van der Waals surface area contributed by atoms with Crippen LogP contribution in [0.15, 0.2) is 59.6 Å². The number of nitrogens with zero attached hydrogens (tertiary/aromatic N) is 1. The first-order chi connectivity index (χ1) is 12.4. The number of fused-ring (bicyclic) bond motifs is 1. The lowest BCUT2D eigenvalue weighted by atomic mass is 10.1. The predicted octanol–water partition coefficient (Wildman–Crippen LogP) is 2.63. The van der Waals surface area contributed by atoms with Crippen LogP contribution >= 0.6 is 0 Å². The molecular formula is C19H19N3O3S. The molecule has 0 saturated heterocycles. The van der Waals surface area contributed by atoms with E-state index in [1.165, 1.54) is 6.07 Å². The smallest absolute Gasteiger partial charge is 0.264 e. The Morgan fingerprint density at radius 3 is 2.54 bits per heavy atom. The fourth-order valence-electron chi connectivity index (χ4n) is 2.63. The van der Waals surface area contributed by atoms with Gasteiger partial charge in [-0.3, -0.25) is 14.5 Å². The van der Waals surface area contributed by atoms with Gasteiger partial charge in [0.2, 0.25) is 5.91 Å². The highest BCUT2D eigenvalue weighted by Crippen LogP contribution is 2.24. The minimum Gasteiger partial charge on any atom is -0.359 e. The third kappa shape index (κ3) is 3.83. The van der Waals surface area contributed by atoms with Crippen LogP contribution in [0.25, 0.3) is 10.9 Å². The second-order valence-electron chi connectivity index (χ2n) is 5.99. The van der Waals surface area contributed by atoms with E-state index in [4.69, 9.17) is 0 Å². The normalized spacial score (nSPS) is 11.3. The first kappa shape index (κ1) is 17.9. The van der Waals surface area contributed by atoms with Crippen LogP contribution in [0.3, 0.4) is 0 Å². The summed E-state index contributed by atoms with van der Waals surface area (Å²) in [5.41, 5.74) is 2.62. The van der Waals surface area contributed by atoms with Crippen LogP contribution < -0.4 is 10.0 Å². The van der Waals surface area contributed by atoms with Crippen molar-refractivity contribution >= 4 is 32.5 Å². The number of sulfonamides is 1. The van der Waals surface area contributed by atoms with Gasteiger partial charge in [0.05, 0.1) is 11.9 Å². The number of para-hydroxylation sites is 1. The molecule has 3 aromatic rings. The van der Waals surface area contributed by atoms with Gasteiger partial charge in [-0.1, -0.05) is 24.3 Å². The van der Waals surface area contributed by atoms with Gasteiger partial charge in [-0.2, -0.15) is 0 Å². The van der Waals surface area contributed by atoms with E-state index in [0.29, 0.717) is 11.2 Å². The highest BCUT2D eigenvalue weighted by molar-refractivity contribution is 7.93. The number of aromatic nitrogens is 1. The van der Waals surface area contributed by atoms with Crippen molar-refractivity contribution in [3.05, 3.63) is 65.9 Å². The molecule has 0 aliphatic rings. The number of anilines is 1. The van der Waals surface area contributed by atoms with Crippen molar-refractivity contribution in [1.82, 2.24) is 10.3 Å². The van der Waals surface area contributed by atoms with Crippen molar-refractivity contribution in [2.45, 2.75) is 18.2 Å². The molecule has 3 rings (SSSR count). The molecule has 26 heavy (non-hydrogen) atoms. The summed E-state index contributed by atoms with van der Waals surface area (Å²) in [6, 6.07) is 13.7. The van der Waals surface area contributed by atoms with Crippen molar-refractivity contribution in [1.29, 1.82) is 0 Å². The van der Waals surface area contributed by atoms with Gasteiger partial charge in [-0.05, 0) is 42.3 Å². The fourth-order valence-corrected chi connectivity index (χ4v) is 3.87. The van der Waals surface area contributed by atoms with Gasteiger partial charge in [0.15, 0.2) is 0 Å². The van der Waals surface area contributed by atoms with Crippen molar-refractivity contribution in [3.63, 3.8) is 0 Å². The Morgan fingerprint density at radius 1 is 1.12 bits per heavy atom. The number of rotatable bonds is 5. The number of benzene rings is 2. The summed E-state index contributed by atoms with van der Waals surface area (Å²) >= 11 is 0. The van der Waals surface area contributed by atoms with Crippen LogP contribution in [0.2, 0.25) is 0 Å². The Hall–Kier alpha value is -2.93. The van der Waals surface area contributed by atoms with Gasteiger partial charge in [0.1, 0.15) is 4.90 Å². The lowest BCUT2D eigenvalue weighted by molar-refractivity contribution is -0.119. The van der Waals surface area contributed by atoms with Gasteiger partial charge in [-0.25, -0.2) is 8.42 Å². The van der Waals surface area contributed by atoms with E-state index in [1.807, 2.05) is 19.1 Å². The second-order valence-corrected chi connectivity index (χ2v) is 7.64. The summed E-state index contributed by atoms with van der Waals surface area (Å²) in [6.07, 6.45) is 1.89. The van der Waals surface area contributed by atoms with E-state index in [1.54, 1.807) is 43.6 Å². The molecule has 7 heteroatoms. The molecule has 1 heterocycles. The SMILES string of the molecule is CNC(=O)Cc1ccc(NS(=O)(=O)c2cccc3cc(C)cnc23)cc1. The molecule has 0 radical (unpaired) electrons. The van der Waals surface area contributed by atoms with Crippen LogP contribution in [0, 0.1) is 6.92 Å². The van der Waals surface area contributed by atoms with E-state index in [0.717, 1.165) is 16.5 Å². The molecular weight excluding hydrogens is 350 g/mol. The number of nitrogens with one attached hydrogen (secondary N) is 2. The molecule has 0 fully saturated rings. The largest absolute Gasteiger partial charge is 0.359 e. The molecule has 0 aliphatic carbocycles. The Balaban J connectivity index is 1.89. The molecule has 2 N–H and O–H groups in total. The number of hydrogen-bond acceptors (Lipinski definition) is 4. The standard InChI is InChI=1S/C19H19N3O3S/c1-13-10-15-4-3-5-17(19(15)21-12-13)26(24,25)22-16-8-6-14(7-9-16)11-18(23)20-2/h3-10,12,22H,11H2,1-2H3,(H,20,23). The monoisotopic (exact) mass is 369 g/mol. The topological polar surface area (TPSA) is 88.2 Å². The average molecular weight is 369 g/mol. The van der Waals surface area contributed by atoms with Gasteiger partial charge < -0.3 is 5.32 Å². The number of carbonyl (C=O) groups is 1. The molecule has 0 aliphatic heterocycles. The molecule has 6 nitrogen and oxygen atoms in total. The first-order valence-electron chi connectivity index (χ1n) is 8.07. The molecule has 0 atom stereocenters. The van der Waals surface area contributed by atoms with E-state index in [2.05, 4.69) is 15.0 Å². The van der Waals surface area contributed by atoms with Crippen molar-refractivity contribution in [2.75, 3.05) is 11.8 Å². The zero-order valence-electron chi connectivity index (χ0n) is 14.5. The van der Waals surface area contributed by atoms with Gasteiger partial charge in [0.25, 0.3) is 10.0 Å². The number of amides is 1. The zero-order valence-corrected chi connectivity index (χ0v) is 15.3. The highest BCUT2D eigenvalue weighted by atomic mass is 32.2. The van der Waals surface area contributed by atoms with Crippen molar-refractivity contribution in [3.8, 4) is 0 Å². The van der Waals surface area contributed by atoms with E-state index < -0.39 is 10.0 Å². The Labute approximate surface area is 152 Å². The lowest BCUT2D eigenvalue weighted by Gasteiger charge is -2.11. The van der Waals surface area contributed by atoms with E-state index >= 15 is 0 Å². The van der Waals surface area contributed by atoms with Gasteiger partial charge in [-0.15, -0.1) is 0 Å². The summed E-state index contributed by atoms with van der Waals surface area (Å²) < 4.78 is 28.2. The summed E-state index contributed by atoms with van der Waals surface area (Å²) in [5.74, 6) is -0.101. The third-order valence-electron chi connectivity index (χ3n) is 3.95. The van der Waals surface area contributed by atoms with Crippen molar-refractivity contribution < 1.29 is 13.2 Å². The number of pyridine rings is 1. The van der Waals surface area contributed by atoms with Crippen molar-refractivity contribution in [2.24, 2.45) is 0 Å². The Bertz CT molecular complexity index is 1060. The predicted molar refractivity (Wildman–Crippen MR) is 102 cm³/mol. The van der Waals surface area contributed by atoms with Crippen LogP contribution in [0.1, 0.15) is 11.1 Å². The summed E-state index contributed by atoms with van der Waals surface area (Å²) in [5, 5.41) is 3.32. The Kier molecular flexibility index (Phi) is 4.90. The quantitative estimate of drug-likeness (QED) is 0.724.